The Morgan fingerprint density at radius 1 is 1.53 bits per heavy atom. The molecule has 1 aromatic heterocycles. The zero-order chi connectivity index (χ0) is 13.2. The standard InChI is InChI=1S/C11H17N3O3/c1-7-8(5-13-14(7)4)9(15)12-6-11(2,3)10(16)17/h5H,6H2,1-4H3,(H,12,15)(H,16,17). The van der Waals surface area contributed by atoms with Crippen molar-refractivity contribution in [2.45, 2.75) is 20.8 Å². The van der Waals surface area contributed by atoms with Crippen LogP contribution in [0.2, 0.25) is 0 Å². The average Bonchev–Trinajstić information content (AvgIpc) is 2.56. The van der Waals surface area contributed by atoms with Crippen LogP contribution in [0.3, 0.4) is 0 Å². The van der Waals surface area contributed by atoms with Crippen LogP contribution in [0.25, 0.3) is 0 Å². The molecule has 0 unspecified atom stereocenters. The van der Waals surface area contributed by atoms with Crippen molar-refractivity contribution in [3.8, 4) is 0 Å². The van der Waals surface area contributed by atoms with Gasteiger partial charge in [0.05, 0.1) is 17.2 Å². The second kappa shape index (κ2) is 4.57. The smallest absolute Gasteiger partial charge is 0.310 e. The molecule has 0 spiro atoms. The molecule has 0 aliphatic heterocycles. The molecular weight excluding hydrogens is 222 g/mol. The Bertz CT molecular complexity index is 449. The minimum absolute atomic E-state index is 0.0789. The molecule has 0 radical (unpaired) electrons. The number of nitrogens with one attached hydrogen (secondary N) is 1. The lowest BCUT2D eigenvalue weighted by Crippen LogP contribution is -2.39. The van der Waals surface area contributed by atoms with Crippen LogP contribution in [0.15, 0.2) is 6.20 Å². The lowest BCUT2D eigenvalue weighted by Gasteiger charge is -2.19. The summed E-state index contributed by atoms with van der Waals surface area (Å²) < 4.78 is 1.59. The number of aliphatic carboxylic acids is 1. The van der Waals surface area contributed by atoms with Gasteiger partial charge in [0, 0.05) is 19.3 Å². The lowest BCUT2D eigenvalue weighted by atomic mass is 9.94. The van der Waals surface area contributed by atoms with E-state index in [9.17, 15) is 9.59 Å². The molecule has 1 heterocycles. The number of hydrogen-bond donors (Lipinski definition) is 2. The summed E-state index contributed by atoms with van der Waals surface area (Å²) in [5.74, 6) is -1.24. The second-order valence-corrected chi connectivity index (χ2v) is 4.64. The van der Waals surface area contributed by atoms with Gasteiger partial charge in [-0.25, -0.2) is 0 Å². The summed E-state index contributed by atoms with van der Waals surface area (Å²) in [5.41, 5.74) is 0.232. The number of carboxylic acids is 1. The van der Waals surface area contributed by atoms with Gasteiger partial charge in [-0.05, 0) is 20.8 Å². The SMILES string of the molecule is Cc1c(C(=O)NCC(C)(C)C(=O)O)cnn1C. The molecule has 0 bridgehead atoms. The second-order valence-electron chi connectivity index (χ2n) is 4.64. The van der Waals surface area contributed by atoms with Crippen LogP contribution >= 0.6 is 0 Å². The fourth-order valence-electron chi connectivity index (χ4n) is 1.19. The molecule has 1 rings (SSSR count). The fraction of sp³-hybridized carbons (Fsp3) is 0.545. The highest BCUT2D eigenvalue weighted by molar-refractivity contribution is 5.95. The number of aryl methyl sites for hydroxylation is 1. The summed E-state index contributed by atoms with van der Waals surface area (Å²) in [7, 11) is 1.74. The molecule has 94 valence electrons. The summed E-state index contributed by atoms with van der Waals surface area (Å²) in [6.07, 6.45) is 1.47. The molecule has 0 saturated carbocycles. The van der Waals surface area contributed by atoms with E-state index >= 15 is 0 Å². The van der Waals surface area contributed by atoms with Crippen LogP contribution in [-0.2, 0) is 11.8 Å². The summed E-state index contributed by atoms with van der Waals surface area (Å²) in [4.78, 5) is 22.7. The van der Waals surface area contributed by atoms with E-state index < -0.39 is 11.4 Å². The summed E-state index contributed by atoms with van der Waals surface area (Å²) >= 11 is 0. The van der Waals surface area contributed by atoms with Crippen LogP contribution < -0.4 is 5.32 Å². The van der Waals surface area contributed by atoms with E-state index in [1.165, 1.54) is 6.20 Å². The van der Waals surface area contributed by atoms with E-state index in [4.69, 9.17) is 5.11 Å². The lowest BCUT2D eigenvalue weighted by molar-refractivity contribution is -0.146. The van der Waals surface area contributed by atoms with E-state index in [0.29, 0.717) is 5.56 Å². The number of amides is 1. The molecule has 1 aromatic rings. The van der Waals surface area contributed by atoms with Gasteiger partial charge in [-0.15, -0.1) is 0 Å². The van der Waals surface area contributed by atoms with E-state index in [-0.39, 0.29) is 12.5 Å². The summed E-state index contributed by atoms with van der Waals surface area (Å²) in [5, 5.41) is 15.5. The highest BCUT2D eigenvalue weighted by atomic mass is 16.4. The third kappa shape index (κ3) is 2.83. The Labute approximate surface area is 99.6 Å². The van der Waals surface area contributed by atoms with Crippen LogP contribution in [-0.4, -0.2) is 33.3 Å². The van der Waals surface area contributed by atoms with Gasteiger partial charge in [-0.1, -0.05) is 0 Å². The van der Waals surface area contributed by atoms with Crippen molar-refractivity contribution in [1.82, 2.24) is 15.1 Å². The molecule has 0 aromatic carbocycles. The molecule has 0 fully saturated rings. The first kappa shape index (κ1) is 13.2. The van der Waals surface area contributed by atoms with Crippen molar-refractivity contribution >= 4 is 11.9 Å². The first-order chi connectivity index (χ1) is 7.75. The first-order valence-corrected chi connectivity index (χ1v) is 5.26. The highest BCUT2D eigenvalue weighted by Crippen LogP contribution is 2.14. The molecule has 0 aliphatic rings. The Morgan fingerprint density at radius 2 is 2.12 bits per heavy atom. The number of aromatic nitrogens is 2. The van der Waals surface area contributed by atoms with Crippen molar-refractivity contribution in [1.29, 1.82) is 0 Å². The van der Waals surface area contributed by atoms with E-state index in [1.54, 1.807) is 32.5 Å². The van der Waals surface area contributed by atoms with Crippen LogP contribution in [0.1, 0.15) is 29.9 Å². The zero-order valence-electron chi connectivity index (χ0n) is 10.4. The molecule has 2 N–H and O–H groups in total. The minimum Gasteiger partial charge on any atom is -0.481 e. The Kier molecular flexibility index (Phi) is 3.55. The van der Waals surface area contributed by atoms with Gasteiger partial charge in [-0.2, -0.15) is 5.10 Å². The molecule has 6 nitrogen and oxygen atoms in total. The van der Waals surface area contributed by atoms with Crippen molar-refractivity contribution in [2.75, 3.05) is 6.54 Å². The number of carbonyl (C=O) groups is 2. The molecule has 6 heteroatoms. The van der Waals surface area contributed by atoms with Crippen LogP contribution in [0.4, 0.5) is 0 Å². The normalized spacial score (nSPS) is 11.3. The van der Waals surface area contributed by atoms with Crippen molar-refractivity contribution in [3.63, 3.8) is 0 Å². The highest BCUT2D eigenvalue weighted by Gasteiger charge is 2.28. The Balaban J connectivity index is 2.69. The molecule has 1 amide bonds. The topological polar surface area (TPSA) is 84.2 Å². The number of rotatable bonds is 4. The number of carbonyl (C=O) groups excluding carboxylic acids is 1. The van der Waals surface area contributed by atoms with Crippen molar-refractivity contribution in [3.05, 3.63) is 17.5 Å². The largest absolute Gasteiger partial charge is 0.481 e. The maximum absolute atomic E-state index is 11.8. The average molecular weight is 239 g/mol. The third-order valence-corrected chi connectivity index (χ3v) is 2.75. The molecule has 0 atom stereocenters. The van der Waals surface area contributed by atoms with E-state index in [0.717, 1.165) is 5.69 Å². The van der Waals surface area contributed by atoms with Gasteiger partial charge in [0.25, 0.3) is 5.91 Å². The number of nitrogens with zero attached hydrogens (tertiary/aromatic N) is 2. The number of hydrogen-bond acceptors (Lipinski definition) is 3. The molecule has 17 heavy (non-hydrogen) atoms. The first-order valence-electron chi connectivity index (χ1n) is 5.26. The van der Waals surface area contributed by atoms with Gasteiger partial charge < -0.3 is 10.4 Å². The van der Waals surface area contributed by atoms with E-state index in [1.807, 2.05) is 0 Å². The van der Waals surface area contributed by atoms with Gasteiger partial charge >= 0.3 is 5.97 Å². The van der Waals surface area contributed by atoms with Gasteiger partial charge in [0.1, 0.15) is 0 Å². The van der Waals surface area contributed by atoms with Crippen molar-refractivity contribution in [2.24, 2.45) is 12.5 Å². The molecule has 0 aliphatic carbocycles. The Morgan fingerprint density at radius 3 is 2.53 bits per heavy atom. The molecular formula is C11H17N3O3. The third-order valence-electron chi connectivity index (χ3n) is 2.75. The Hall–Kier alpha value is -1.85. The van der Waals surface area contributed by atoms with Gasteiger partial charge in [-0.3, -0.25) is 14.3 Å². The number of carboxylic acid groups (broad SMARTS) is 1. The zero-order valence-corrected chi connectivity index (χ0v) is 10.4. The molecule has 0 saturated heterocycles. The summed E-state index contributed by atoms with van der Waals surface area (Å²) in [6.45, 7) is 4.98. The minimum atomic E-state index is -0.980. The predicted octanol–water partition coefficient (Wildman–Crippen LogP) is 0.569. The monoisotopic (exact) mass is 239 g/mol. The van der Waals surface area contributed by atoms with E-state index in [2.05, 4.69) is 10.4 Å². The van der Waals surface area contributed by atoms with Crippen molar-refractivity contribution < 1.29 is 14.7 Å². The quantitative estimate of drug-likeness (QED) is 0.804. The van der Waals surface area contributed by atoms with Crippen LogP contribution in [0.5, 0.6) is 0 Å². The predicted molar refractivity (Wildman–Crippen MR) is 61.7 cm³/mol. The maximum atomic E-state index is 11.8. The maximum Gasteiger partial charge on any atom is 0.310 e. The fourth-order valence-corrected chi connectivity index (χ4v) is 1.19. The van der Waals surface area contributed by atoms with Gasteiger partial charge in [0.2, 0.25) is 0 Å². The summed E-state index contributed by atoms with van der Waals surface area (Å²) in [6, 6.07) is 0. The van der Waals surface area contributed by atoms with Crippen LogP contribution in [0, 0.1) is 12.3 Å². The van der Waals surface area contributed by atoms with Gasteiger partial charge in [0.15, 0.2) is 0 Å².